The van der Waals surface area contributed by atoms with Gasteiger partial charge in [0, 0.05) is 24.7 Å². The lowest BCUT2D eigenvalue weighted by molar-refractivity contribution is 0.0265. The highest BCUT2D eigenvalue weighted by Crippen LogP contribution is 2.36. The van der Waals surface area contributed by atoms with Gasteiger partial charge in [0.05, 0.1) is 0 Å². The third-order valence-electron chi connectivity index (χ3n) is 4.68. The predicted molar refractivity (Wildman–Crippen MR) is 81.1 cm³/mol. The molecule has 0 aromatic heterocycles. The number of nitrogens with zero attached hydrogens (tertiary/aromatic N) is 2. The van der Waals surface area contributed by atoms with Gasteiger partial charge >= 0.3 is 0 Å². The van der Waals surface area contributed by atoms with Crippen molar-refractivity contribution < 1.29 is 8.78 Å². The van der Waals surface area contributed by atoms with Crippen molar-refractivity contribution in [3.63, 3.8) is 0 Å². The van der Waals surface area contributed by atoms with E-state index < -0.39 is 11.6 Å². The molecule has 0 bridgehead atoms. The molecule has 0 radical (unpaired) electrons. The van der Waals surface area contributed by atoms with E-state index in [1.807, 2.05) is 7.05 Å². The Bertz CT molecular complexity index is 486. The number of halogens is 2. The second-order valence-corrected chi connectivity index (χ2v) is 6.45. The largest absolute Gasteiger partial charge is 0.323 e. The molecule has 118 valence electrons. The first-order valence-electron chi connectivity index (χ1n) is 7.40. The summed E-state index contributed by atoms with van der Waals surface area (Å²) in [5.74, 6) is -1.67. The normalized spacial score (nSPS) is 18.9. The third-order valence-corrected chi connectivity index (χ3v) is 4.68. The van der Waals surface area contributed by atoms with Crippen LogP contribution in [-0.2, 0) is 0 Å². The number of hydrogen-bond acceptors (Lipinski definition) is 3. The molecule has 0 amide bonds. The summed E-state index contributed by atoms with van der Waals surface area (Å²) in [5, 5.41) is 0. The van der Waals surface area contributed by atoms with E-state index in [1.165, 1.54) is 25.3 Å². The maximum absolute atomic E-state index is 13.3. The van der Waals surface area contributed by atoms with E-state index in [9.17, 15) is 8.78 Å². The van der Waals surface area contributed by atoms with E-state index in [1.54, 1.807) is 6.07 Å². The molecule has 1 unspecified atom stereocenters. The van der Waals surface area contributed by atoms with E-state index >= 15 is 0 Å². The average molecular weight is 297 g/mol. The van der Waals surface area contributed by atoms with Gasteiger partial charge in [-0.1, -0.05) is 6.07 Å². The monoisotopic (exact) mass is 297 g/mol. The molecule has 3 nitrogen and oxygen atoms in total. The summed E-state index contributed by atoms with van der Waals surface area (Å²) in [6.45, 7) is 1.57. The molecule has 2 rings (SSSR count). The third kappa shape index (κ3) is 3.59. The van der Waals surface area contributed by atoms with E-state index in [0.717, 1.165) is 12.6 Å². The number of likely N-dealkylation sites (N-methyl/N-ethyl adjacent to an activating group) is 2. The minimum absolute atomic E-state index is 0.239. The van der Waals surface area contributed by atoms with Crippen LogP contribution in [0.25, 0.3) is 0 Å². The van der Waals surface area contributed by atoms with Crippen molar-refractivity contribution in [2.24, 2.45) is 5.73 Å². The van der Waals surface area contributed by atoms with Crippen molar-refractivity contribution in [2.45, 2.75) is 30.8 Å². The average Bonchev–Trinajstić information content (AvgIpc) is 2.36. The molecule has 1 aliphatic rings. The van der Waals surface area contributed by atoms with Crippen LogP contribution in [-0.4, -0.2) is 49.6 Å². The van der Waals surface area contributed by atoms with Gasteiger partial charge in [0.2, 0.25) is 0 Å². The second kappa shape index (κ2) is 6.38. The Morgan fingerprint density at radius 3 is 2.33 bits per heavy atom. The lowest BCUT2D eigenvalue weighted by Gasteiger charge is -2.49. The molecule has 1 saturated carbocycles. The van der Waals surface area contributed by atoms with Crippen LogP contribution in [0, 0.1) is 11.6 Å². The van der Waals surface area contributed by atoms with Crippen LogP contribution >= 0.6 is 0 Å². The van der Waals surface area contributed by atoms with E-state index in [2.05, 4.69) is 23.9 Å². The van der Waals surface area contributed by atoms with Crippen molar-refractivity contribution in [3.8, 4) is 0 Å². The first kappa shape index (κ1) is 16.3. The predicted octanol–water partition coefficient (Wildman–Crippen LogP) is 2.38. The Hall–Kier alpha value is -1.04. The summed E-state index contributed by atoms with van der Waals surface area (Å²) in [6.07, 6.45) is 3.66. The topological polar surface area (TPSA) is 32.5 Å². The Morgan fingerprint density at radius 2 is 1.86 bits per heavy atom. The SMILES string of the molecule is CN(CC(N)c1ccc(F)c(F)c1)CC1(N(C)C)CCC1. The number of rotatable bonds is 6. The first-order valence-corrected chi connectivity index (χ1v) is 7.40. The zero-order valence-corrected chi connectivity index (χ0v) is 13.1. The van der Waals surface area contributed by atoms with Crippen LogP contribution in [0.15, 0.2) is 18.2 Å². The van der Waals surface area contributed by atoms with Gasteiger partial charge in [-0.25, -0.2) is 8.78 Å². The molecule has 0 heterocycles. The summed E-state index contributed by atoms with van der Waals surface area (Å²) in [5.41, 5.74) is 7.00. The summed E-state index contributed by atoms with van der Waals surface area (Å²) in [4.78, 5) is 4.47. The molecule has 1 atom stereocenters. The van der Waals surface area contributed by atoms with E-state index in [0.29, 0.717) is 12.1 Å². The lowest BCUT2D eigenvalue weighted by Crippen LogP contribution is -2.57. The highest BCUT2D eigenvalue weighted by Gasteiger charge is 2.39. The summed E-state index contributed by atoms with van der Waals surface area (Å²) in [6, 6.07) is 3.57. The van der Waals surface area contributed by atoms with Crippen molar-refractivity contribution in [2.75, 3.05) is 34.2 Å². The maximum Gasteiger partial charge on any atom is 0.159 e. The van der Waals surface area contributed by atoms with Crippen LogP contribution in [0.2, 0.25) is 0 Å². The molecular weight excluding hydrogens is 272 g/mol. The van der Waals surface area contributed by atoms with Gasteiger partial charge in [0.25, 0.3) is 0 Å². The molecule has 0 spiro atoms. The molecule has 5 heteroatoms. The van der Waals surface area contributed by atoms with Gasteiger partial charge in [0.1, 0.15) is 0 Å². The molecular formula is C16H25F2N3. The summed E-state index contributed by atoms with van der Waals surface area (Å²) in [7, 11) is 6.26. The fraction of sp³-hybridized carbons (Fsp3) is 0.625. The first-order chi connectivity index (χ1) is 9.84. The summed E-state index contributed by atoms with van der Waals surface area (Å²) >= 11 is 0. The van der Waals surface area contributed by atoms with Crippen LogP contribution in [0.5, 0.6) is 0 Å². The second-order valence-electron chi connectivity index (χ2n) is 6.45. The van der Waals surface area contributed by atoms with Gasteiger partial charge in [-0.05, 0) is 58.1 Å². The molecule has 21 heavy (non-hydrogen) atoms. The fourth-order valence-electron chi connectivity index (χ4n) is 3.08. The Labute approximate surface area is 125 Å². The summed E-state index contributed by atoms with van der Waals surface area (Å²) < 4.78 is 26.2. The van der Waals surface area contributed by atoms with Crippen molar-refractivity contribution in [1.29, 1.82) is 0 Å². The highest BCUT2D eigenvalue weighted by atomic mass is 19.2. The maximum atomic E-state index is 13.3. The van der Waals surface area contributed by atoms with Crippen LogP contribution in [0.4, 0.5) is 8.78 Å². The Balaban J connectivity index is 1.95. The Kier molecular flexibility index (Phi) is 4.96. The molecule has 1 aliphatic carbocycles. The quantitative estimate of drug-likeness (QED) is 0.875. The highest BCUT2D eigenvalue weighted by molar-refractivity contribution is 5.21. The number of hydrogen-bond donors (Lipinski definition) is 1. The molecule has 0 saturated heterocycles. The molecule has 1 fully saturated rings. The lowest BCUT2D eigenvalue weighted by atomic mass is 9.75. The minimum atomic E-state index is -0.839. The van der Waals surface area contributed by atoms with Gasteiger partial charge in [-0.2, -0.15) is 0 Å². The standard InChI is InChI=1S/C16H25F2N3/c1-20(2)16(7-4-8-16)11-21(3)10-15(19)12-5-6-13(17)14(18)9-12/h5-6,9,15H,4,7-8,10-11,19H2,1-3H3. The van der Waals surface area contributed by atoms with Gasteiger partial charge in [0.15, 0.2) is 11.6 Å². The molecule has 1 aromatic rings. The van der Waals surface area contributed by atoms with Crippen molar-refractivity contribution in [1.82, 2.24) is 9.80 Å². The smallest absolute Gasteiger partial charge is 0.159 e. The van der Waals surface area contributed by atoms with E-state index in [4.69, 9.17) is 5.73 Å². The van der Waals surface area contributed by atoms with Crippen molar-refractivity contribution >= 4 is 0 Å². The van der Waals surface area contributed by atoms with Gasteiger partial charge in [-0.3, -0.25) is 0 Å². The number of benzene rings is 1. The van der Waals surface area contributed by atoms with Crippen LogP contribution < -0.4 is 5.73 Å². The fourth-order valence-corrected chi connectivity index (χ4v) is 3.08. The zero-order valence-electron chi connectivity index (χ0n) is 13.1. The molecule has 2 N–H and O–H groups in total. The van der Waals surface area contributed by atoms with Gasteiger partial charge < -0.3 is 15.5 Å². The van der Waals surface area contributed by atoms with Gasteiger partial charge in [-0.15, -0.1) is 0 Å². The minimum Gasteiger partial charge on any atom is -0.323 e. The Morgan fingerprint density at radius 1 is 1.19 bits per heavy atom. The zero-order chi connectivity index (χ0) is 15.6. The number of nitrogens with two attached hydrogens (primary N) is 1. The van der Waals surface area contributed by atoms with Crippen LogP contribution in [0.3, 0.4) is 0 Å². The van der Waals surface area contributed by atoms with Crippen molar-refractivity contribution in [3.05, 3.63) is 35.4 Å². The van der Waals surface area contributed by atoms with Crippen LogP contribution in [0.1, 0.15) is 30.9 Å². The molecule has 1 aromatic carbocycles. The van der Waals surface area contributed by atoms with E-state index in [-0.39, 0.29) is 11.6 Å². The molecule has 0 aliphatic heterocycles.